The van der Waals surface area contributed by atoms with E-state index in [1.807, 2.05) is 44.2 Å². The summed E-state index contributed by atoms with van der Waals surface area (Å²) in [6.45, 7) is 3.39. The molecule has 0 aliphatic rings. The van der Waals surface area contributed by atoms with Gasteiger partial charge in [-0.15, -0.1) is 0 Å². The van der Waals surface area contributed by atoms with Crippen LogP contribution in [-0.4, -0.2) is 35.2 Å². The lowest BCUT2D eigenvalue weighted by Gasteiger charge is -2.14. The van der Waals surface area contributed by atoms with Crippen LogP contribution < -0.4 is 10.6 Å². The molecule has 148 valence electrons. The fraction of sp³-hybridized carbons (Fsp3) is 0.474. The molecule has 2 N–H and O–H groups in total. The Kier molecular flexibility index (Phi) is 8.70. The Bertz CT molecular complexity index is 690. The summed E-state index contributed by atoms with van der Waals surface area (Å²) in [5, 5.41) is 6.27. The van der Waals surface area contributed by atoms with Gasteiger partial charge in [-0.1, -0.05) is 30.3 Å². The quantitative estimate of drug-likeness (QED) is 0.377. The van der Waals surface area contributed by atoms with Crippen molar-refractivity contribution in [3.05, 3.63) is 54.1 Å². The molecule has 0 amide bonds. The van der Waals surface area contributed by atoms with Gasteiger partial charge in [0, 0.05) is 32.1 Å². The summed E-state index contributed by atoms with van der Waals surface area (Å²) in [4.78, 5) is 8.24. The highest BCUT2D eigenvalue weighted by atomic mass is 19.3. The van der Waals surface area contributed by atoms with E-state index in [0.29, 0.717) is 25.7 Å². The van der Waals surface area contributed by atoms with Gasteiger partial charge in [0.15, 0.2) is 5.96 Å². The number of benzene rings is 1. The lowest BCUT2D eigenvalue weighted by molar-refractivity contribution is 0.0645. The summed E-state index contributed by atoms with van der Waals surface area (Å²) in [5.41, 5.74) is 1.15. The van der Waals surface area contributed by atoms with E-state index in [1.165, 1.54) is 12.4 Å². The van der Waals surface area contributed by atoms with E-state index in [4.69, 9.17) is 4.74 Å². The van der Waals surface area contributed by atoms with Crippen LogP contribution in [0.2, 0.25) is 0 Å². The highest BCUT2D eigenvalue weighted by Crippen LogP contribution is 2.15. The Morgan fingerprint density at radius 1 is 1.26 bits per heavy atom. The van der Waals surface area contributed by atoms with E-state index >= 15 is 0 Å². The maximum atomic E-state index is 12.8. The number of nitrogens with zero attached hydrogens (tertiary/aromatic N) is 3. The molecule has 0 aliphatic carbocycles. The van der Waals surface area contributed by atoms with E-state index in [-0.39, 0.29) is 18.5 Å². The van der Waals surface area contributed by atoms with Crippen molar-refractivity contribution in [3.63, 3.8) is 0 Å². The average Bonchev–Trinajstić information content (AvgIpc) is 3.15. The standard InChI is InChI=1S/C19H27F2N5O/c1-3-22-19(25-14-17-23-11-12-26(17)18(20)21)24-10-7-13-27-15(2)16-8-5-4-6-9-16/h4-6,8-9,11-12,15,18H,3,7,10,13-14H2,1-2H3,(H2,22,24,25). The van der Waals surface area contributed by atoms with Crippen LogP contribution in [0.25, 0.3) is 0 Å². The highest BCUT2D eigenvalue weighted by Gasteiger charge is 2.11. The van der Waals surface area contributed by atoms with E-state index in [0.717, 1.165) is 16.6 Å². The van der Waals surface area contributed by atoms with Crippen LogP contribution >= 0.6 is 0 Å². The minimum Gasteiger partial charge on any atom is -0.374 e. The zero-order chi connectivity index (χ0) is 19.5. The molecule has 0 bridgehead atoms. The molecule has 0 fully saturated rings. The first-order valence-electron chi connectivity index (χ1n) is 9.10. The van der Waals surface area contributed by atoms with Crippen molar-refractivity contribution in [2.45, 2.75) is 39.5 Å². The summed E-state index contributed by atoms with van der Waals surface area (Å²) in [6.07, 6.45) is 3.44. The molecule has 1 aromatic carbocycles. The predicted molar refractivity (Wildman–Crippen MR) is 102 cm³/mol. The number of nitrogens with one attached hydrogen (secondary N) is 2. The smallest absolute Gasteiger partial charge is 0.319 e. The molecule has 1 aromatic heterocycles. The summed E-state index contributed by atoms with van der Waals surface area (Å²) in [5.74, 6) is 0.791. The third-order valence-electron chi connectivity index (χ3n) is 3.93. The molecule has 0 saturated heterocycles. The second-order valence-corrected chi connectivity index (χ2v) is 5.93. The average molecular weight is 379 g/mol. The number of rotatable bonds is 10. The molecule has 0 saturated carbocycles. The second kappa shape index (κ2) is 11.3. The Morgan fingerprint density at radius 3 is 2.74 bits per heavy atom. The zero-order valence-electron chi connectivity index (χ0n) is 15.7. The maximum Gasteiger partial charge on any atom is 0.319 e. The van der Waals surface area contributed by atoms with Crippen molar-refractivity contribution in [2.24, 2.45) is 4.99 Å². The van der Waals surface area contributed by atoms with Crippen molar-refractivity contribution in [2.75, 3.05) is 19.7 Å². The van der Waals surface area contributed by atoms with Crippen molar-refractivity contribution < 1.29 is 13.5 Å². The van der Waals surface area contributed by atoms with Gasteiger partial charge >= 0.3 is 6.55 Å². The fourth-order valence-electron chi connectivity index (χ4n) is 2.49. The molecule has 2 rings (SSSR count). The van der Waals surface area contributed by atoms with Gasteiger partial charge < -0.3 is 15.4 Å². The van der Waals surface area contributed by atoms with Crippen LogP contribution in [0.15, 0.2) is 47.7 Å². The van der Waals surface area contributed by atoms with Crippen LogP contribution in [0.4, 0.5) is 8.78 Å². The summed E-state index contributed by atoms with van der Waals surface area (Å²) < 4.78 is 32.3. The lowest BCUT2D eigenvalue weighted by atomic mass is 10.1. The summed E-state index contributed by atoms with van der Waals surface area (Å²) in [6, 6.07) is 10.1. The van der Waals surface area contributed by atoms with E-state index in [1.54, 1.807) is 0 Å². The van der Waals surface area contributed by atoms with Gasteiger partial charge in [-0.25, -0.2) is 9.98 Å². The minimum absolute atomic E-state index is 0.0429. The van der Waals surface area contributed by atoms with Gasteiger partial charge in [0.25, 0.3) is 0 Å². The Balaban J connectivity index is 1.74. The molecule has 1 unspecified atom stereocenters. The van der Waals surface area contributed by atoms with Gasteiger partial charge in [-0.3, -0.25) is 4.57 Å². The van der Waals surface area contributed by atoms with Crippen LogP contribution in [0.1, 0.15) is 44.3 Å². The van der Waals surface area contributed by atoms with Gasteiger partial charge in [0.05, 0.1) is 6.10 Å². The number of ether oxygens (including phenoxy) is 1. The first-order valence-corrected chi connectivity index (χ1v) is 9.10. The van der Waals surface area contributed by atoms with Gasteiger partial charge in [-0.05, 0) is 25.8 Å². The molecule has 0 aliphatic heterocycles. The third kappa shape index (κ3) is 6.97. The molecular formula is C19H27F2N5O. The summed E-state index contributed by atoms with van der Waals surface area (Å²) >= 11 is 0. The van der Waals surface area contributed by atoms with Crippen molar-refractivity contribution >= 4 is 5.96 Å². The Labute approximate surface area is 158 Å². The number of guanidine groups is 1. The number of aromatic nitrogens is 2. The van der Waals surface area contributed by atoms with E-state index in [9.17, 15) is 8.78 Å². The topological polar surface area (TPSA) is 63.5 Å². The molecular weight excluding hydrogens is 352 g/mol. The molecule has 6 nitrogen and oxygen atoms in total. The lowest BCUT2D eigenvalue weighted by Crippen LogP contribution is -2.38. The maximum absolute atomic E-state index is 12.8. The van der Waals surface area contributed by atoms with Crippen molar-refractivity contribution in [3.8, 4) is 0 Å². The number of halogens is 2. The van der Waals surface area contributed by atoms with Gasteiger partial charge in [-0.2, -0.15) is 8.78 Å². The SMILES string of the molecule is CCNC(=NCc1nccn1C(F)F)NCCCOC(C)c1ccccc1. The monoisotopic (exact) mass is 379 g/mol. The van der Waals surface area contributed by atoms with Crippen molar-refractivity contribution in [1.82, 2.24) is 20.2 Å². The van der Waals surface area contributed by atoms with Crippen LogP contribution in [0, 0.1) is 0 Å². The first-order chi connectivity index (χ1) is 13.1. The number of hydrogen-bond donors (Lipinski definition) is 2. The zero-order valence-corrected chi connectivity index (χ0v) is 15.7. The second-order valence-electron chi connectivity index (χ2n) is 5.93. The molecule has 8 heteroatoms. The van der Waals surface area contributed by atoms with Crippen LogP contribution in [-0.2, 0) is 11.3 Å². The Hall–Kier alpha value is -2.48. The van der Waals surface area contributed by atoms with Crippen LogP contribution in [0.3, 0.4) is 0 Å². The Morgan fingerprint density at radius 2 is 2.04 bits per heavy atom. The number of alkyl halides is 2. The third-order valence-corrected chi connectivity index (χ3v) is 3.93. The molecule has 0 radical (unpaired) electrons. The van der Waals surface area contributed by atoms with Crippen molar-refractivity contribution in [1.29, 1.82) is 0 Å². The number of aliphatic imine (C=N–C) groups is 1. The highest BCUT2D eigenvalue weighted by molar-refractivity contribution is 5.79. The van der Waals surface area contributed by atoms with Crippen LogP contribution in [0.5, 0.6) is 0 Å². The van der Waals surface area contributed by atoms with Gasteiger partial charge in [0.2, 0.25) is 0 Å². The van der Waals surface area contributed by atoms with E-state index in [2.05, 4.69) is 20.6 Å². The van der Waals surface area contributed by atoms with Gasteiger partial charge in [0.1, 0.15) is 12.4 Å². The summed E-state index contributed by atoms with van der Waals surface area (Å²) in [7, 11) is 0. The molecule has 0 spiro atoms. The number of imidazole rings is 1. The first kappa shape index (κ1) is 20.8. The molecule has 27 heavy (non-hydrogen) atoms. The number of hydrogen-bond acceptors (Lipinski definition) is 3. The molecule has 1 heterocycles. The fourth-order valence-corrected chi connectivity index (χ4v) is 2.49. The van der Waals surface area contributed by atoms with E-state index < -0.39 is 6.55 Å². The normalized spacial score (nSPS) is 13.0. The largest absolute Gasteiger partial charge is 0.374 e. The molecule has 1 atom stereocenters. The minimum atomic E-state index is -2.61. The molecule has 2 aromatic rings. The predicted octanol–water partition coefficient (Wildman–Crippen LogP) is 3.50.